The van der Waals surface area contributed by atoms with Crippen molar-refractivity contribution in [1.29, 1.82) is 0 Å². The molecule has 2 aliphatic heterocycles. The van der Waals surface area contributed by atoms with Crippen LogP contribution in [0.1, 0.15) is 36.3 Å². The Morgan fingerprint density at radius 2 is 1.59 bits per heavy atom. The molecule has 2 unspecified atom stereocenters. The molecule has 2 heterocycles. The smallest absolute Gasteiger partial charge is 0.123 e. The maximum atomic E-state index is 13.1. The molecule has 0 spiro atoms. The van der Waals surface area contributed by atoms with Gasteiger partial charge in [-0.3, -0.25) is 9.80 Å². The van der Waals surface area contributed by atoms with E-state index in [1.807, 2.05) is 12.1 Å². The molecule has 0 aromatic heterocycles. The number of nitrogens with zero attached hydrogens (tertiary/aromatic N) is 2. The summed E-state index contributed by atoms with van der Waals surface area (Å²) in [6.07, 6.45) is 2.88. The van der Waals surface area contributed by atoms with Crippen molar-refractivity contribution in [1.82, 2.24) is 9.80 Å². The van der Waals surface area contributed by atoms with Crippen LogP contribution in [-0.4, -0.2) is 53.2 Å². The van der Waals surface area contributed by atoms with E-state index in [0.29, 0.717) is 5.92 Å². The molecule has 2 aliphatic rings. The minimum atomic E-state index is -0.247. The third-order valence-electron chi connectivity index (χ3n) is 6.22. The number of likely N-dealkylation sites (tertiary alicyclic amines) is 2. The van der Waals surface area contributed by atoms with Crippen LogP contribution < -0.4 is 0 Å². The van der Waals surface area contributed by atoms with Gasteiger partial charge in [0.25, 0.3) is 0 Å². The van der Waals surface area contributed by atoms with Crippen LogP contribution in [0.5, 0.6) is 0 Å². The number of aliphatic hydroxyl groups excluding tert-OH is 1. The first-order chi connectivity index (χ1) is 13.2. The number of benzene rings is 2. The molecule has 0 aliphatic carbocycles. The fraction of sp³-hybridized carbons (Fsp3) is 0.478. The normalized spacial score (nSPS) is 25.6. The second kappa shape index (κ2) is 8.51. The van der Waals surface area contributed by atoms with Gasteiger partial charge in [-0.15, -0.1) is 0 Å². The SMILES string of the molecule is OC1CCN(Cc2ccc(F)cc2)CC1N1CCC(c2ccccc2)CC1. The summed E-state index contributed by atoms with van der Waals surface area (Å²) >= 11 is 0. The summed E-state index contributed by atoms with van der Waals surface area (Å²) in [5.74, 6) is 0.450. The molecule has 0 saturated carbocycles. The number of aliphatic hydroxyl groups is 1. The third kappa shape index (κ3) is 4.57. The molecule has 0 radical (unpaired) electrons. The first-order valence-electron chi connectivity index (χ1n) is 10.1. The van der Waals surface area contributed by atoms with E-state index in [0.717, 1.165) is 57.5 Å². The molecular formula is C23H29FN2O. The van der Waals surface area contributed by atoms with E-state index in [2.05, 4.69) is 40.1 Å². The van der Waals surface area contributed by atoms with E-state index in [4.69, 9.17) is 0 Å². The van der Waals surface area contributed by atoms with Crippen molar-refractivity contribution < 1.29 is 9.50 Å². The molecule has 2 fully saturated rings. The van der Waals surface area contributed by atoms with Crippen LogP contribution in [0.2, 0.25) is 0 Å². The zero-order chi connectivity index (χ0) is 18.6. The van der Waals surface area contributed by atoms with Crippen molar-refractivity contribution in [3.05, 3.63) is 71.5 Å². The van der Waals surface area contributed by atoms with Gasteiger partial charge < -0.3 is 5.11 Å². The standard InChI is InChI=1S/C23H29FN2O/c24-21-8-6-18(7-9-21)16-25-13-12-23(27)22(17-25)26-14-10-20(11-15-26)19-4-2-1-3-5-19/h1-9,20,22-23,27H,10-17H2. The van der Waals surface area contributed by atoms with Gasteiger partial charge in [-0.25, -0.2) is 4.39 Å². The average molecular weight is 368 g/mol. The largest absolute Gasteiger partial charge is 0.391 e. The summed E-state index contributed by atoms with van der Waals surface area (Å²) in [5.41, 5.74) is 2.58. The van der Waals surface area contributed by atoms with Crippen LogP contribution in [0, 0.1) is 5.82 Å². The summed E-state index contributed by atoms with van der Waals surface area (Å²) in [5, 5.41) is 10.6. The number of rotatable bonds is 4. The van der Waals surface area contributed by atoms with Crippen molar-refractivity contribution in [3.8, 4) is 0 Å². The highest BCUT2D eigenvalue weighted by atomic mass is 19.1. The average Bonchev–Trinajstić information content (AvgIpc) is 2.72. The lowest BCUT2D eigenvalue weighted by molar-refractivity contribution is -0.0222. The van der Waals surface area contributed by atoms with Crippen LogP contribution >= 0.6 is 0 Å². The minimum Gasteiger partial charge on any atom is -0.391 e. The fourth-order valence-electron chi connectivity index (χ4n) is 4.62. The Balaban J connectivity index is 1.34. The van der Waals surface area contributed by atoms with E-state index in [9.17, 15) is 9.50 Å². The van der Waals surface area contributed by atoms with E-state index in [1.54, 1.807) is 0 Å². The van der Waals surface area contributed by atoms with Crippen molar-refractivity contribution in [2.75, 3.05) is 26.2 Å². The Morgan fingerprint density at radius 1 is 0.889 bits per heavy atom. The summed E-state index contributed by atoms with van der Waals surface area (Å²) in [6, 6.07) is 17.8. The molecule has 2 saturated heterocycles. The van der Waals surface area contributed by atoms with Gasteiger partial charge >= 0.3 is 0 Å². The molecule has 27 heavy (non-hydrogen) atoms. The third-order valence-corrected chi connectivity index (χ3v) is 6.22. The Morgan fingerprint density at radius 3 is 2.30 bits per heavy atom. The highest BCUT2D eigenvalue weighted by Crippen LogP contribution is 2.30. The summed E-state index contributed by atoms with van der Waals surface area (Å²) in [7, 11) is 0. The second-order valence-electron chi connectivity index (χ2n) is 8.01. The van der Waals surface area contributed by atoms with Crippen LogP contribution in [0.4, 0.5) is 4.39 Å². The van der Waals surface area contributed by atoms with Crippen LogP contribution in [0.15, 0.2) is 54.6 Å². The van der Waals surface area contributed by atoms with Crippen molar-refractivity contribution >= 4 is 0 Å². The number of hydrogen-bond donors (Lipinski definition) is 1. The Bertz CT molecular complexity index is 713. The van der Waals surface area contributed by atoms with E-state index in [1.165, 1.54) is 17.7 Å². The van der Waals surface area contributed by atoms with Gasteiger partial charge in [-0.1, -0.05) is 42.5 Å². The van der Waals surface area contributed by atoms with Gasteiger partial charge in [0.15, 0.2) is 0 Å². The number of piperidine rings is 2. The van der Waals surface area contributed by atoms with E-state index < -0.39 is 0 Å². The molecule has 3 nitrogen and oxygen atoms in total. The van der Waals surface area contributed by atoms with Crippen LogP contribution in [-0.2, 0) is 6.54 Å². The van der Waals surface area contributed by atoms with Crippen molar-refractivity contribution in [3.63, 3.8) is 0 Å². The minimum absolute atomic E-state index is 0.188. The number of halogens is 1. The van der Waals surface area contributed by atoms with Gasteiger partial charge in [-0.2, -0.15) is 0 Å². The predicted molar refractivity (Wildman–Crippen MR) is 106 cm³/mol. The molecule has 4 rings (SSSR count). The summed E-state index contributed by atoms with van der Waals surface area (Å²) < 4.78 is 13.1. The molecule has 0 amide bonds. The quantitative estimate of drug-likeness (QED) is 0.893. The van der Waals surface area contributed by atoms with Gasteiger partial charge in [0.1, 0.15) is 5.82 Å². The van der Waals surface area contributed by atoms with Crippen LogP contribution in [0.3, 0.4) is 0 Å². The van der Waals surface area contributed by atoms with E-state index in [-0.39, 0.29) is 18.0 Å². The van der Waals surface area contributed by atoms with Gasteiger partial charge in [0.05, 0.1) is 6.10 Å². The summed E-state index contributed by atoms with van der Waals surface area (Å²) in [6.45, 7) is 4.70. The Kier molecular flexibility index (Phi) is 5.86. The lowest BCUT2D eigenvalue weighted by Gasteiger charge is -2.45. The summed E-state index contributed by atoms with van der Waals surface area (Å²) in [4.78, 5) is 4.88. The first kappa shape index (κ1) is 18.6. The maximum Gasteiger partial charge on any atom is 0.123 e. The number of hydrogen-bond acceptors (Lipinski definition) is 3. The lowest BCUT2D eigenvalue weighted by atomic mass is 9.88. The van der Waals surface area contributed by atoms with Crippen molar-refractivity contribution in [2.45, 2.75) is 43.9 Å². The van der Waals surface area contributed by atoms with Gasteiger partial charge in [0, 0.05) is 25.7 Å². The maximum absolute atomic E-state index is 13.1. The molecule has 2 aromatic carbocycles. The van der Waals surface area contributed by atoms with Crippen LogP contribution in [0.25, 0.3) is 0 Å². The second-order valence-corrected chi connectivity index (χ2v) is 8.01. The topological polar surface area (TPSA) is 26.7 Å². The lowest BCUT2D eigenvalue weighted by Crippen LogP contribution is -2.56. The first-order valence-corrected chi connectivity index (χ1v) is 10.1. The zero-order valence-electron chi connectivity index (χ0n) is 15.8. The Hall–Kier alpha value is -1.75. The molecule has 4 heteroatoms. The molecular weight excluding hydrogens is 339 g/mol. The monoisotopic (exact) mass is 368 g/mol. The van der Waals surface area contributed by atoms with Crippen molar-refractivity contribution in [2.24, 2.45) is 0 Å². The van der Waals surface area contributed by atoms with Gasteiger partial charge in [-0.05, 0) is 61.5 Å². The Labute approximate surface area is 161 Å². The molecule has 2 aromatic rings. The zero-order valence-corrected chi connectivity index (χ0v) is 15.8. The molecule has 0 bridgehead atoms. The highest BCUT2D eigenvalue weighted by molar-refractivity contribution is 5.20. The highest BCUT2D eigenvalue weighted by Gasteiger charge is 2.34. The fourth-order valence-corrected chi connectivity index (χ4v) is 4.62. The molecule has 1 N–H and O–H groups in total. The molecule has 2 atom stereocenters. The molecule has 144 valence electrons. The predicted octanol–water partition coefficient (Wildman–Crippen LogP) is 3.64. The van der Waals surface area contributed by atoms with E-state index >= 15 is 0 Å². The van der Waals surface area contributed by atoms with Gasteiger partial charge in [0.2, 0.25) is 0 Å².